The lowest BCUT2D eigenvalue weighted by molar-refractivity contribution is 0.391. The van der Waals surface area contributed by atoms with E-state index < -0.39 is 10.0 Å². The first-order chi connectivity index (χ1) is 11.9. The van der Waals surface area contributed by atoms with Crippen molar-refractivity contribution < 1.29 is 17.9 Å². The number of hydrogen-bond acceptors (Lipinski definition) is 5. The van der Waals surface area contributed by atoms with Crippen LogP contribution in [0.4, 0.5) is 0 Å². The summed E-state index contributed by atoms with van der Waals surface area (Å²) < 4.78 is 39.1. The van der Waals surface area contributed by atoms with Gasteiger partial charge in [0.1, 0.15) is 16.4 Å². The van der Waals surface area contributed by atoms with Gasteiger partial charge in [-0.3, -0.25) is 0 Å². The molecule has 25 heavy (non-hydrogen) atoms. The number of benzene rings is 2. The van der Waals surface area contributed by atoms with E-state index in [9.17, 15) is 8.42 Å². The molecule has 134 valence electrons. The third-order valence-electron chi connectivity index (χ3n) is 3.97. The highest BCUT2D eigenvalue weighted by atomic mass is 35.5. The van der Waals surface area contributed by atoms with E-state index in [0.717, 1.165) is 16.2 Å². The molecular weight excluding hydrogens is 382 g/mol. The summed E-state index contributed by atoms with van der Waals surface area (Å²) in [7, 11) is -0.872. The molecule has 1 atom stereocenters. The molecule has 0 radical (unpaired) electrons. The minimum Gasteiger partial charge on any atom is -0.497 e. The van der Waals surface area contributed by atoms with Gasteiger partial charge in [-0.1, -0.05) is 11.6 Å². The minimum absolute atomic E-state index is 0.0520. The van der Waals surface area contributed by atoms with Gasteiger partial charge in [0.05, 0.1) is 14.2 Å². The number of ether oxygens (including phenoxy) is 2. The van der Waals surface area contributed by atoms with Crippen molar-refractivity contribution in [2.75, 3.05) is 20.0 Å². The van der Waals surface area contributed by atoms with Crippen molar-refractivity contribution in [2.24, 2.45) is 0 Å². The molecule has 0 unspecified atom stereocenters. The van der Waals surface area contributed by atoms with Gasteiger partial charge >= 0.3 is 0 Å². The first-order valence-electron chi connectivity index (χ1n) is 7.61. The second-order valence-electron chi connectivity index (χ2n) is 5.51. The lowest BCUT2D eigenvalue weighted by Gasteiger charge is -2.26. The fraction of sp³-hybridized carbons (Fsp3) is 0.294. The molecule has 0 aliphatic carbocycles. The van der Waals surface area contributed by atoms with Crippen LogP contribution in [0.5, 0.6) is 11.5 Å². The predicted molar refractivity (Wildman–Crippen MR) is 99.4 cm³/mol. The van der Waals surface area contributed by atoms with E-state index in [1.54, 1.807) is 23.9 Å². The average molecular weight is 400 g/mol. The predicted octanol–water partition coefficient (Wildman–Crippen LogP) is 3.87. The Morgan fingerprint density at radius 3 is 2.68 bits per heavy atom. The molecule has 3 rings (SSSR count). The summed E-state index contributed by atoms with van der Waals surface area (Å²) in [6.07, 6.45) is 0.684. The number of rotatable bonds is 5. The zero-order valence-electron chi connectivity index (χ0n) is 13.8. The Morgan fingerprint density at radius 2 is 1.96 bits per heavy atom. The third kappa shape index (κ3) is 3.89. The topological polar surface area (TPSA) is 64.6 Å². The van der Waals surface area contributed by atoms with Crippen LogP contribution in [0.2, 0.25) is 5.02 Å². The van der Waals surface area contributed by atoms with E-state index in [0.29, 0.717) is 17.2 Å². The van der Waals surface area contributed by atoms with Crippen LogP contribution in [0.3, 0.4) is 0 Å². The number of sulfonamides is 1. The Labute approximate surface area is 156 Å². The molecule has 5 nitrogen and oxygen atoms in total. The minimum atomic E-state index is -3.80. The van der Waals surface area contributed by atoms with Crippen molar-refractivity contribution in [1.29, 1.82) is 0 Å². The number of halogens is 1. The molecule has 1 heterocycles. The van der Waals surface area contributed by atoms with Gasteiger partial charge in [0.15, 0.2) is 0 Å². The van der Waals surface area contributed by atoms with E-state index in [4.69, 9.17) is 21.1 Å². The van der Waals surface area contributed by atoms with Gasteiger partial charge in [-0.25, -0.2) is 13.1 Å². The molecule has 0 amide bonds. The second kappa shape index (κ2) is 7.45. The van der Waals surface area contributed by atoms with Crippen LogP contribution in [-0.2, 0) is 10.0 Å². The molecule has 0 aromatic heterocycles. The van der Waals surface area contributed by atoms with Gasteiger partial charge in [0.25, 0.3) is 0 Å². The molecule has 0 spiro atoms. The van der Waals surface area contributed by atoms with Crippen LogP contribution >= 0.6 is 23.4 Å². The van der Waals surface area contributed by atoms with Crippen LogP contribution in [0, 0.1) is 0 Å². The van der Waals surface area contributed by atoms with Gasteiger partial charge in [-0.05, 0) is 48.1 Å². The molecule has 2 aromatic rings. The molecule has 1 aliphatic rings. The monoisotopic (exact) mass is 399 g/mol. The molecule has 0 saturated heterocycles. The normalized spacial score (nSPS) is 17.0. The Balaban J connectivity index is 1.97. The summed E-state index contributed by atoms with van der Waals surface area (Å²) in [4.78, 5) is 1.09. The maximum absolute atomic E-state index is 13.0. The zero-order valence-corrected chi connectivity index (χ0v) is 16.2. The van der Waals surface area contributed by atoms with Crippen molar-refractivity contribution in [3.05, 3.63) is 47.0 Å². The van der Waals surface area contributed by atoms with Crippen molar-refractivity contribution in [3.8, 4) is 11.5 Å². The first-order valence-corrected chi connectivity index (χ1v) is 10.5. The summed E-state index contributed by atoms with van der Waals surface area (Å²) in [5.41, 5.74) is 0.897. The summed E-state index contributed by atoms with van der Waals surface area (Å²) in [5, 5.41) is 0.587. The van der Waals surface area contributed by atoms with E-state index in [-0.39, 0.29) is 16.7 Å². The highest BCUT2D eigenvalue weighted by Crippen LogP contribution is 2.39. The fourth-order valence-corrected chi connectivity index (χ4v) is 5.45. The van der Waals surface area contributed by atoms with Crippen LogP contribution in [0.25, 0.3) is 0 Å². The maximum atomic E-state index is 13.0. The van der Waals surface area contributed by atoms with E-state index in [1.807, 2.05) is 18.2 Å². The number of thioether (sulfide) groups is 1. The SMILES string of the molecule is COc1ccc(OC)c(S(=O)(=O)N[C@@H]2CCSc3ccc(Cl)cc32)c1. The van der Waals surface area contributed by atoms with Crippen molar-refractivity contribution in [3.63, 3.8) is 0 Å². The Hall–Kier alpha value is -1.41. The number of nitrogens with one attached hydrogen (secondary N) is 1. The second-order valence-corrected chi connectivity index (χ2v) is 8.77. The standard InChI is InChI=1S/C17H18ClNO4S2/c1-22-12-4-5-15(23-2)17(10-12)25(20,21)19-14-7-8-24-16-6-3-11(18)9-13(14)16/h3-6,9-10,14,19H,7-8H2,1-2H3/t14-/m1/s1. The van der Waals surface area contributed by atoms with Gasteiger partial charge in [-0.15, -0.1) is 11.8 Å². The van der Waals surface area contributed by atoms with Crippen molar-refractivity contribution >= 4 is 33.4 Å². The molecule has 0 bridgehead atoms. The molecule has 8 heteroatoms. The van der Waals surface area contributed by atoms with Crippen molar-refractivity contribution in [2.45, 2.75) is 22.3 Å². The number of hydrogen-bond donors (Lipinski definition) is 1. The van der Waals surface area contributed by atoms with E-state index in [2.05, 4.69) is 4.72 Å². The van der Waals surface area contributed by atoms with Crippen LogP contribution in [0.15, 0.2) is 46.2 Å². The lowest BCUT2D eigenvalue weighted by atomic mass is 10.1. The maximum Gasteiger partial charge on any atom is 0.244 e. The summed E-state index contributed by atoms with van der Waals surface area (Å²) >= 11 is 7.79. The van der Waals surface area contributed by atoms with Gasteiger partial charge < -0.3 is 9.47 Å². The summed E-state index contributed by atoms with van der Waals surface area (Å²) in [6.45, 7) is 0. The molecule has 2 aromatic carbocycles. The number of fused-ring (bicyclic) bond motifs is 1. The summed E-state index contributed by atoms with van der Waals surface area (Å²) in [6, 6.07) is 9.91. The summed E-state index contributed by atoms with van der Waals surface area (Å²) in [5.74, 6) is 1.55. The Morgan fingerprint density at radius 1 is 1.16 bits per heavy atom. The Bertz CT molecular complexity index is 886. The molecular formula is C17H18ClNO4S2. The van der Waals surface area contributed by atoms with Gasteiger partial charge in [-0.2, -0.15) is 0 Å². The van der Waals surface area contributed by atoms with E-state index in [1.165, 1.54) is 20.3 Å². The molecule has 0 fully saturated rings. The molecule has 1 aliphatic heterocycles. The fourth-order valence-electron chi connectivity index (χ4n) is 2.73. The highest BCUT2D eigenvalue weighted by molar-refractivity contribution is 7.99. The van der Waals surface area contributed by atoms with Crippen LogP contribution < -0.4 is 14.2 Å². The Kier molecular flexibility index (Phi) is 5.48. The van der Waals surface area contributed by atoms with E-state index >= 15 is 0 Å². The quantitative estimate of drug-likeness (QED) is 0.826. The largest absolute Gasteiger partial charge is 0.497 e. The van der Waals surface area contributed by atoms with Crippen molar-refractivity contribution in [1.82, 2.24) is 4.72 Å². The van der Waals surface area contributed by atoms with Gasteiger partial charge in [0.2, 0.25) is 10.0 Å². The van der Waals surface area contributed by atoms with Gasteiger partial charge in [0, 0.05) is 22.0 Å². The molecule has 0 saturated carbocycles. The highest BCUT2D eigenvalue weighted by Gasteiger charge is 2.28. The number of methoxy groups -OCH3 is 2. The lowest BCUT2D eigenvalue weighted by Crippen LogP contribution is -2.31. The third-order valence-corrected chi connectivity index (χ3v) is 6.82. The first kappa shape index (κ1) is 18.4. The zero-order chi connectivity index (χ0) is 18.0. The van der Waals surface area contributed by atoms with Crippen LogP contribution in [-0.4, -0.2) is 28.4 Å². The molecule has 1 N–H and O–H groups in total. The smallest absolute Gasteiger partial charge is 0.244 e. The van der Waals surface area contributed by atoms with Crippen LogP contribution in [0.1, 0.15) is 18.0 Å². The average Bonchev–Trinajstić information content (AvgIpc) is 2.61.